The molecule has 2 aromatic heterocycles. The first-order chi connectivity index (χ1) is 12.3. The van der Waals surface area contributed by atoms with Gasteiger partial charge in [0, 0.05) is 12.6 Å². The Morgan fingerprint density at radius 2 is 2.16 bits per heavy atom. The molecule has 5 rings (SSSR count). The molecule has 6 nitrogen and oxygen atoms in total. The Labute approximate surface area is 145 Å². The number of aromatic nitrogens is 3. The van der Waals surface area contributed by atoms with Gasteiger partial charge in [0.2, 0.25) is 0 Å². The van der Waals surface area contributed by atoms with E-state index in [1.807, 2.05) is 12.3 Å². The van der Waals surface area contributed by atoms with E-state index in [0.29, 0.717) is 5.92 Å². The molecule has 1 aliphatic carbocycles. The average Bonchev–Trinajstić information content (AvgIpc) is 3.25. The maximum Gasteiger partial charge on any atom is 0.142 e. The van der Waals surface area contributed by atoms with Crippen LogP contribution in [0.1, 0.15) is 30.0 Å². The fraction of sp³-hybridized carbons (Fsp3) is 0.368. The molecule has 1 unspecified atom stereocenters. The number of aliphatic hydroxyl groups excluding tert-OH is 1. The van der Waals surface area contributed by atoms with Crippen LogP contribution < -0.4 is 10.1 Å². The summed E-state index contributed by atoms with van der Waals surface area (Å²) in [6.45, 7) is 0.759. The van der Waals surface area contributed by atoms with Gasteiger partial charge in [-0.3, -0.25) is 0 Å². The van der Waals surface area contributed by atoms with Crippen LogP contribution in [0.25, 0.3) is 11.0 Å². The lowest BCUT2D eigenvalue weighted by Gasteiger charge is -2.38. The molecule has 0 spiro atoms. The summed E-state index contributed by atoms with van der Waals surface area (Å²) < 4.78 is 5.63. The SMILES string of the molecule is OC1CC(C(Nc2ncnc3[nH]ccc23)c2ccc3c(c2)CCO3)C1. The van der Waals surface area contributed by atoms with Gasteiger partial charge in [0.25, 0.3) is 0 Å². The van der Waals surface area contributed by atoms with Crippen LogP contribution in [-0.2, 0) is 6.42 Å². The monoisotopic (exact) mass is 336 g/mol. The first-order valence-corrected chi connectivity index (χ1v) is 8.76. The van der Waals surface area contributed by atoms with E-state index in [0.717, 1.165) is 48.5 Å². The molecule has 128 valence electrons. The molecule has 1 atom stereocenters. The summed E-state index contributed by atoms with van der Waals surface area (Å²) in [7, 11) is 0. The minimum absolute atomic E-state index is 0.113. The Morgan fingerprint density at radius 3 is 3.04 bits per heavy atom. The fourth-order valence-electron chi connectivity index (χ4n) is 3.91. The summed E-state index contributed by atoms with van der Waals surface area (Å²) in [5.41, 5.74) is 3.31. The van der Waals surface area contributed by atoms with Crippen LogP contribution in [0.5, 0.6) is 5.75 Å². The van der Waals surface area contributed by atoms with Crippen LogP contribution in [-0.4, -0.2) is 32.8 Å². The molecule has 0 bridgehead atoms. The van der Waals surface area contributed by atoms with Crippen molar-refractivity contribution in [2.24, 2.45) is 5.92 Å². The molecule has 0 amide bonds. The second-order valence-electron chi connectivity index (χ2n) is 6.94. The highest BCUT2D eigenvalue weighted by atomic mass is 16.5. The molecular weight excluding hydrogens is 316 g/mol. The minimum atomic E-state index is -0.190. The zero-order valence-electron chi connectivity index (χ0n) is 13.8. The molecule has 1 fully saturated rings. The van der Waals surface area contributed by atoms with Crippen molar-refractivity contribution in [3.05, 3.63) is 47.9 Å². The maximum absolute atomic E-state index is 9.80. The second kappa shape index (κ2) is 5.74. The highest BCUT2D eigenvalue weighted by Crippen LogP contribution is 2.41. The number of anilines is 1. The van der Waals surface area contributed by atoms with Crippen LogP contribution >= 0.6 is 0 Å². The van der Waals surface area contributed by atoms with Gasteiger partial charge in [-0.1, -0.05) is 6.07 Å². The van der Waals surface area contributed by atoms with E-state index in [1.165, 1.54) is 11.1 Å². The van der Waals surface area contributed by atoms with Crippen molar-refractivity contribution < 1.29 is 9.84 Å². The molecule has 6 heteroatoms. The first kappa shape index (κ1) is 14.7. The number of aliphatic hydroxyl groups is 1. The molecule has 3 N–H and O–H groups in total. The number of fused-ring (bicyclic) bond motifs is 2. The number of rotatable bonds is 4. The summed E-state index contributed by atoms with van der Waals surface area (Å²) >= 11 is 0. The summed E-state index contributed by atoms with van der Waals surface area (Å²) in [4.78, 5) is 11.8. The summed E-state index contributed by atoms with van der Waals surface area (Å²) in [5.74, 6) is 2.21. The van der Waals surface area contributed by atoms with Crippen molar-refractivity contribution >= 4 is 16.9 Å². The van der Waals surface area contributed by atoms with Crippen molar-refractivity contribution in [2.75, 3.05) is 11.9 Å². The highest BCUT2D eigenvalue weighted by molar-refractivity contribution is 5.86. The molecule has 1 aliphatic heterocycles. The summed E-state index contributed by atoms with van der Waals surface area (Å²) in [5, 5.41) is 14.4. The number of benzene rings is 1. The predicted octanol–water partition coefficient (Wildman–Crippen LogP) is 2.82. The van der Waals surface area contributed by atoms with Crippen molar-refractivity contribution in [1.82, 2.24) is 15.0 Å². The third-order valence-electron chi connectivity index (χ3n) is 5.34. The van der Waals surface area contributed by atoms with Crippen molar-refractivity contribution in [3.8, 4) is 5.75 Å². The van der Waals surface area contributed by atoms with E-state index in [1.54, 1.807) is 6.33 Å². The van der Waals surface area contributed by atoms with Crippen LogP contribution in [0.15, 0.2) is 36.8 Å². The molecular formula is C19H20N4O2. The Hall–Kier alpha value is -2.60. The summed E-state index contributed by atoms with van der Waals surface area (Å²) in [6.07, 6.45) is 5.84. The lowest BCUT2D eigenvalue weighted by molar-refractivity contribution is 0.0339. The van der Waals surface area contributed by atoms with Crippen LogP contribution in [0.2, 0.25) is 0 Å². The topological polar surface area (TPSA) is 83.1 Å². The highest BCUT2D eigenvalue weighted by Gasteiger charge is 2.35. The molecule has 1 saturated carbocycles. The average molecular weight is 336 g/mol. The number of ether oxygens (including phenoxy) is 1. The lowest BCUT2D eigenvalue weighted by Crippen LogP contribution is -2.36. The van der Waals surface area contributed by atoms with Crippen LogP contribution in [0, 0.1) is 5.92 Å². The molecule has 1 aromatic carbocycles. The second-order valence-corrected chi connectivity index (χ2v) is 6.94. The molecule has 0 saturated heterocycles. The Bertz CT molecular complexity index is 917. The first-order valence-electron chi connectivity index (χ1n) is 8.76. The minimum Gasteiger partial charge on any atom is -0.493 e. The predicted molar refractivity (Wildman–Crippen MR) is 94.6 cm³/mol. The number of nitrogens with zero attached hydrogens (tertiary/aromatic N) is 2. The summed E-state index contributed by atoms with van der Waals surface area (Å²) in [6, 6.07) is 8.53. The van der Waals surface area contributed by atoms with Crippen molar-refractivity contribution in [1.29, 1.82) is 0 Å². The van der Waals surface area contributed by atoms with E-state index < -0.39 is 0 Å². The standard InChI is InChI=1S/C19H20N4O2/c24-14-8-13(9-14)17(12-1-2-16-11(7-12)4-6-25-16)23-19-15-3-5-20-18(15)21-10-22-19/h1-3,5,7,10,13-14,17,24H,4,6,8-9H2,(H2,20,21,22,23). The normalized spacial score (nSPS) is 22.9. The van der Waals surface area contributed by atoms with Gasteiger partial charge in [0.15, 0.2) is 0 Å². The van der Waals surface area contributed by atoms with Gasteiger partial charge in [-0.25, -0.2) is 9.97 Å². The largest absolute Gasteiger partial charge is 0.493 e. The molecule has 2 aliphatic rings. The molecule has 25 heavy (non-hydrogen) atoms. The molecule has 3 heterocycles. The van der Waals surface area contributed by atoms with Gasteiger partial charge < -0.3 is 20.1 Å². The van der Waals surface area contributed by atoms with E-state index in [2.05, 4.69) is 38.5 Å². The quantitative estimate of drug-likeness (QED) is 0.682. The molecule has 0 radical (unpaired) electrons. The van der Waals surface area contributed by atoms with Gasteiger partial charge >= 0.3 is 0 Å². The molecule has 3 aromatic rings. The zero-order chi connectivity index (χ0) is 16.8. The van der Waals surface area contributed by atoms with Crippen molar-refractivity contribution in [3.63, 3.8) is 0 Å². The van der Waals surface area contributed by atoms with Gasteiger partial charge in [-0.05, 0) is 48.1 Å². The smallest absolute Gasteiger partial charge is 0.142 e. The number of hydrogen-bond acceptors (Lipinski definition) is 5. The Balaban J connectivity index is 1.51. The Kier molecular flexibility index (Phi) is 3.38. The van der Waals surface area contributed by atoms with Gasteiger partial charge in [-0.15, -0.1) is 0 Å². The lowest BCUT2D eigenvalue weighted by atomic mass is 9.75. The van der Waals surface area contributed by atoms with E-state index in [9.17, 15) is 5.11 Å². The van der Waals surface area contributed by atoms with Crippen LogP contribution in [0.4, 0.5) is 5.82 Å². The number of H-pyrrole nitrogens is 1. The number of hydrogen-bond donors (Lipinski definition) is 3. The number of nitrogens with one attached hydrogen (secondary N) is 2. The van der Waals surface area contributed by atoms with Gasteiger partial charge in [0.05, 0.1) is 24.1 Å². The maximum atomic E-state index is 9.80. The fourth-order valence-corrected chi connectivity index (χ4v) is 3.91. The zero-order valence-corrected chi connectivity index (χ0v) is 13.8. The Morgan fingerprint density at radius 1 is 1.24 bits per heavy atom. The van der Waals surface area contributed by atoms with E-state index in [-0.39, 0.29) is 12.1 Å². The third kappa shape index (κ3) is 2.53. The van der Waals surface area contributed by atoms with Gasteiger partial charge in [-0.2, -0.15) is 0 Å². The third-order valence-corrected chi connectivity index (χ3v) is 5.34. The van der Waals surface area contributed by atoms with E-state index >= 15 is 0 Å². The van der Waals surface area contributed by atoms with E-state index in [4.69, 9.17) is 4.74 Å². The van der Waals surface area contributed by atoms with Crippen LogP contribution in [0.3, 0.4) is 0 Å². The van der Waals surface area contributed by atoms with Gasteiger partial charge in [0.1, 0.15) is 23.5 Å². The van der Waals surface area contributed by atoms with Crippen molar-refractivity contribution in [2.45, 2.75) is 31.4 Å². The number of aromatic amines is 1.